The minimum Gasteiger partial charge on any atom is -0.490 e. The highest BCUT2D eigenvalue weighted by molar-refractivity contribution is 7.92. The van der Waals surface area contributed by atoms with Gasteiger partial charge >= 0.3 is 5.97 Å². The second-order valence-corrected chi connectivity index (χ2v) is 8.14. The molecule has 0 aliphatic heterocycles. The van der Waals surface area contributed by atoms with E-state index in [0.717, 1.165) is 12.1 Å². The van der Waals surface area contributed by atoms with E-state index in [1.807, 2.05) is 0 Å². The molecule has 0 amide bonds. The standard InChI is InChI=1S/C22H20FNO6S/c23-17-5-11-20(12-6-17)31(27,28)24-18-7-9-19(10-8-18)29-13-14-30-21-4-2-1-3-16(21)15-22(25)26/h1-12,24H,13-15H2,(H,25,26). The monoisotopic (exact) mass is 445 g/mol. The van der Waals surface area contributed by atoms with Gasteiger partial charge in [-0.15, -0.1) is 0 Å². The topological polar surface area (TPSA) is 102 Å². The van der Waals surface area contributed by atoms with E-state index in [0.29, 0.717) is 22.7 Å². The molecule has 0 aliphatic rings. The van der Waals surface area contributed by atoms with Crippen LogP contribution in [0.3, 0.4) is 0 Å². The third-order valence-corrected chi connectivity index (χ3v) is 5.55. The van der Waals surface area contributed by atoms with E-state index in [4.69, 9.17) is 14.6 Å². The molecule has 0 saturated heterocycles. The van der Waals surface area contributed by atoms with Crippen molar-refractivity contribution in [2.75, 3.05) is 17.9 Å². The molecule has 0 aromatic heterocycles. The molecule has 0 saturated carbocycles. The Labute approximate surface area is 179 Å². The van der Waals surface area contributed by atoms with Crippen LogP contribution in [-0.4, -0.2) is 32.7 Å². The number of halogens is 1. The van der Waals surface area contributed by atoms with Crippen molar-refractivity contribution in [3.8, 4) is 11.5 Å². The Morgan fingerprint density at radius 2 is 1.55 bits per heavy atom. The lowest BCUT2D eigenvalue weighted by atomic mass is 10.1. The molecule has 3 rings (SSSR count). The van der Waals surface area contributed by atoms with E-state index in [1.54, 1.807) is 48.5 Å². The van der Waals surface area contributed by atoms with Crippen LogP contribution in [0.4, 0.5) is 10.1 Å². The number of ether oxygens (including phenoxy) is 2. The second-order valence-electron chi connectivity index (χ2n) is 6.46. The van der Waals surface area contributed by atoms with Gasteiger partial charge in [0.05, 0.1) is 11.3 Å². The van der Waals surface area contributed by atoms with Crippen LogP contribution in [0.2, 0.25) is 0 Å². The fraction of sp³-hybridized carbons (Fsp3) is 0.136. The Morgan fingerprint density at radius 3 is 2.23 bits per heavy atom. The van der Waals surface area contributed by atoms with Crippen LogP contribution in [-0.2, 0) is 21.2 Å². The lowest BCUT2D eigenvalue weighted by Crippen LogP contribution is -2.13. The highest BCUT2D eigenvalue weighted by Crippen LogP contribution is 2.21. The summed E-state index contributed by atoms with van der Waals surface area (Å²) < 4.78 is 51.2. The molecule has 2 N–H and O–H groups in total. The third-order valence-electron chi connectivity index (χ3n) is 4.15. The van der Waals surface area contributed by atoms with Crippen molar-refractivity contribution >= 4 is 21.7 Å². The number of nitrogens with one attached hydrogen (secondary N) is 1. The number of carboxylic acid groups (broad SMARTS) is 1. The summed E-state index contributed by atoms with van der Waals surface area (Å²) in [5, 5.41) is 8.94. The molecular weight excluding hydrogens is 425 g/mol. The minimum absolute atomic E-state index is 0.0467. The maximum absolute atomic E-state index is 13.0. The second kappa shape index (κ2) is 9.94. The summed E-state index contributed by atoms with van der Waals surface area (Å²) in [5.41, 5.74) is 0.906. The number of carbonyl (C=O) groups is 1. The average molecular weight is 445 g/mol. The number of sulfonamides is 1. The average Bonchev–Trinajstić information content (AvgIpc) is 2.73. The highest BCUT2D eigenvalue weighted by atomic mass is 32.2. The van der Waals surface area contributed by atoms with Crippen molar-refractivity contribution in [3.05, 3.63) is 84.2 Å². The fourth-order valence-electron chi connectivity index (χ4n) is 2.71. The van der Waals surface area contributed by atoms with Crippen molar-refractivity contribution in [2.45, 2.75) is 11.3 Å². The molecule has 0 atom stereocenters. The first-order valence-corrected chi connectivity index (χ1v) is 10.8. The number of benzene rings is 3. The molecule has 7 nitrogen and oxygen atoms in total. The number of hydrogen-bond acceptors (Lipinski definition) is 5. The van der Waals surface area contributed by atoms with Crippen molar-refractivity contribution in [1.82, 2.24) is 0 Å². The SMILES string of the molecule is O=C(O)Cc1ccccc1OCCOc1ccc(NS(=O)(=O)c2ccc(F)cc2)cc1. The molecule has 0 fully saturated rings. The van der Waals surface area contributed by atoms with Gasteiger partial charge in [-0.3, -0.25) is 9.52 Å². The molecule has 0 heterocycles. The molecule has 9 heteroatoms. The zero-order valence-corrected chi connectivity index (χ0v) is 17.1. The fourth-order valence-corrected chi connectivity index (χ4v) is 3.77. The summed E-state index contributed by atoms with van der Waals surface area (Å²) in [6.07, 6.45) is -0.133. The van der Waals surface area contributed by atoms with Crippen LogP contribution in [0.1, 0.15) is 5.56 Å². The van der Waals surface area contributed by atoms with E-state index in [2.05, 4.69) is 4.72 Å². The molecular formula is C22H20FNO6S. The van der Waals surface area contributed by atoms with Gasteiger partial charge in [-0.25, -0.2) is 12.8 Å². The van der Waals surface area contributed by atoms with E-state index < -0.39 is 21.8 Å². The van der Waals surface area contributed by atoms with Crippen molar-refractivity contribution in [2.24, 2.45) is 0 Å². The van der Waals surface area contributed by atoms with Crippen LogP contribution >= 0.6 is 0 Å². The number of para-hydroxylation sites is 1. The predicted octanol–water partition coefficient (Wildman–Crippen LogP) is 3.71. The predicted molar refractivity (Wildman–Crippen MR) is 112 cm³/mol. The Bertz CT molecular complexity index is 1130. The van der Waals surface area contributed by atoms with Gasteiger partial charge in [0.2, 0.25) is 0 Å². The van der Waals surface area contributed by atoms with Crippen LogP contribution < -0.4 is 14.2 Å². The first-order chi connectivity index (χ1) is 14.8. The largest absolute Gasteiger partial charge is 0.490 e. The van der Waals surface area contributed by atoms with Gasteiger partial charge in [-0.2, -0.15) is 0 Å². The van der Waals surface area contributed by atoms with Gasteiger partial charge < -0.3 is 14.6 Å². The molecule has 3 aromatic carbocycles. The summed E-state index contributed by atoms with van der Waals surface area (Å²) in [4.78, 5) is 10.9. The van der Waals surface area contributed by atoms with E-state index in [-0.39, 0.29) is 24.5 Å². The van der Waals surface area contributed by atoms with E-state index >= 15 is 0 Å². The zero-order valence-electron chi connectivity index (χ0n) is 16.3. The highest BCUT2D eigenvalue weighted by Gasteiger charge is 2.14. The lowest BCUT2D eigenvalue weighted by molar-refractivity contribution is -0.136. The van der Waals surface area contributed by atoms with E-state index in [9.17, 15) is 17.6 Å². The first kappa shape index (κ1) is 22.1. The molecule has 162 valence electrons. The quantitative estimate of drug-likeness (QED) is 0.461. The van der Waals surface area contributed by atoms with Crippen LogP contribution in [0, 0.1) is 5.82 Å². The van der Waals surface area contributed by atoms with Crippen molar-refractivity contribution in [1.29, 1.82) is 0 Å². The molecule has 0 spiro atoms. The minimum atomic E-state index is -3.83. The number of rotatable bonds is 10. The van der Waals surface area contributed by atoms with Gasteiger partial charge in [-0.1, -0.05) is 18.2 Å². The Balaban J connectivity index is 1.51. The van der Waals surface area contributed by atoms with Crippen molar-refractivity contribution < 1.29 is 32.2 Å². The maximum Gasteiger partial charge on any atom is 0.307 e. The number of anilines is 1. The number of aliphatic carboxylic acids is 1. The number of hydrogen-bond donors (Lipinski definition) is 2. The smallest absolute Gasteiger partial charge is 0.307 e. The summed E-state index contributed by atoms with van der Waals surface area (Å²) in [6, 6.07) is 17.7. The van der Waals surface area contributed by atoms with Gasteiger partial charge in [0.25, 0.3) is 10.0 Å². The Hall–Kier alpha value is -3.59. The summed E-state index contributed by atoms with van der Waals surface area (Å²) >= 11 is 0. The summed E-state index contributed by atoms with van der Waals surface area (Å²) in [7, 11) is -3.83. The van der Waals surface area contributed by atoms with Crippen LogP contribution in [0.5, 0.6) is 11.5 Å². The molecule has 0 bridgehead atoms. The molecule has 0 aliphatic carbocycles. The summed E-state index contributed by atoms with van der Waals surface area (Å²) in [6.45, 7) is 0.414. The van der Waals surface area contributed by atoms with Gasteiger partial charge in [0.15, 0.2) is 0 Å². The van der Waals surface area contributed by atoms with Crippen molar-refractivity contribution in [3.63, 3.8) is 0 Å². The maximum atomic E-state index is 13.0. The molecule has 0 unspecified atom stereocenters. The summed E-state index contributed by atoms with van der Waals surface area (Å²) in [5.74, 6) is -0.469. The Kier molecular flexibility index (Phi) is 7.09. The Morgan fingerprint density at radius 1 is 0.903 bits per heavy atom. The molecule has 31 heavy (non-hydrogen) atoms. The zero-order chi connectivity index (χ0) is 22.3. The molecule has 0 radical (unpaired) electrons. The lowest BCUT2D eigenvalue weighted by Gasteiger charge is -2.12. The number of carboxylic acids is 1. The van der Waals surface area contributed by atoms with Gasteiger partial charge in [-0.05, 0) is 54.6 Å². The van der Waals surface area contributed by atoms with Crippen LogP contribution in [0.15, 0.2) is 77.7 Å². The van der Waals surface area contributed by atoms with Gasteiger partial charge in [0, 0.05) is 11.3 Å². The molecule has 3 aromatic rings. The normalized spacial score (nSPS) is 11.0. The first-order valence-electron chi connectivity index (χ1n) is 9.27. The van der Waals surface area contributed by atoms with Crippen LogP contribution in [0.25, 0.3) is 0 Å². The van der Waals surface area contributed by atoms with Gasteiger partial charge in [0.1, 0.15) is 30.5 Å². The van der Waals surface area contributed by atoms with E-state index in [1.165, 1.54) is 12.1 Å². The third kappa shape index (κ3) is 6.45.